The third kappa shape index (κ3) is 2.48. The normalized spacial score (nSPS) is 10.6. The van der Waals surface area contributed by atoms with Gasteiger partial charge in [0.1, 0.15) is 5.75 Å². The smallest absolute Gasteiger partial charge is 0.387 e. The summed E-state index contributed by atoms with van der Waals surface area (Å²) in [5.74, 6) is -3.13. The highest BCUT2D eigenvalue weighted by Gasteiger charge is 2.12. The Hall–Kier alpha value is -0.970. The Morgan fingerprint density at radius 1 is 1.23 bits per heavy atom. The number of hydrogen-bond donors (Lipinski definition) is 0. The van der Waals surface area contributed by atoms with E-state index in [2.05, 4.69) is 4.74 Å². The van der Waals surface area contributed by atoms with Gasteiger partial charge in [-0.1, -0.05) is 11.6 Å². The maximum atomic E-state index is 12.5. The van der Waals surface area contributed by atoms with Crippen LogP contribution in [0, 0.1) is 11.6 Å². The number of alkyl halides is 2. The molecular weight excluding hydrogens is 212 g/mol. The van der Waals surface area contributed by atoms with Crippen molar-refractivity contribution in [1.82, 2.24) is 0 Å². The molecule has 0 aromatic heterocycles. The Balaban J connectivity index is 2.99. The van der Waals surface area contributed by atoms with Crippen molar-refractivity contribution >= 4 is 11.6 Å². The molecule has 0 aliphatic carbocycles. The van der Waals surface area contributed by atoms with Crippen LogP contribution in [0.2, 0.25) is 5.02 Å². The van der Waals surface area contributed by atoms with Crippen LogP contribution in [0.15, 0.2) is 12.1 Å². The molecule has 0 saturated heterocycles. The van der Waals surface area contributed by atoms with E-state index in [9.17, 15) is 17.6 Å². The van der Waals surface area contributed by atoms with Crippen molar-refractivity contribution in [2.24, 2.45) is 0 Å². The van der Waals surface area contributed by atoms with E-state index in [1.807, 2.05) is 0 Å². The van der Waals surface area contributed by atoms with Gasteiger partial charge in [0, 0.05) is 12.1 Å². The molecule has 1 aromatic carbocycles. The van der Waals surface area contributed by atoms with Crippen LogP contribution in [-0.2, 0) is 0 Å². The van der Waals surface area contributed by atoms with Crippen LogP contribution in [-0.4, -0.2) is 6.61 Å². The second-order valence-electron chi connectivity index (χ2n) is 2.08. The first-order chi connectivity index (χ1) is 6.00. The van der Waals surface area contributed by atoms with E-state index in [1.165, 1.54) is 0 Å². The molecule has 0 atom stereocenters. The standard InChI is InChI=1S/C7H3ClF4O/c8-4-1-3(13-7(11)12)2-5(9)6(4)10/h1-2,7H. The van der Waals surface area contributed by atoms with E-state index in [4.69, 9.17) is 11.6 Å². The third-order valence-electron chi connectivity index (χ3n) is 1.18. The van der Waals surface area contributed by atoms with E-state index in [1.54, 1.807) is 0 Å². The maximum Gasteiger partial charge on any atom is 0.387 e. The van der Waals surface area contributed by atoms with E-state index in [-0.39, 0.29) is 0 Å². The zero-order chi connectivity index (χ0) is 10.0. The van der Waals surface area contributed by atoms with Crippen molar-refractivity contribution < 1.29 is 22.3 Å². The van der Waals surface area contributed by atoms with Gasteiger partial charge in [0.2, 0.25) is 0 Å². The van der Waals surface area contributed by atoms with Crippen LogP contribution < -0.4 is 4.74 Å². The SMILES string of the molecule is Fc1cc(OC(F)F)cc(Cl)c1F. The lowest BCUT2D eigenvalue weighted by Gasteiger charge is -2.05. The summed E-state index contributed by atoms with van der Waals surface area (Å²) < 4.78 is 52.0. The van der Waals surface area contributed by atoms with Crippen molar-refractivity contribution in [1.29, 1.82) is 0 Å². The predicted octanol–water partition coefficient (Wildman–Crippen LogP) is 3.22. The van der Waals surface area contributed by atoms with Crippen LogP contribution in [0.4, 0.5) is 17.6 Å². The fraction of sp³-hybridized carbons (Fsp3) is 0.143. The van der Waals surface area contributed by atoms with Gasteiger partial charge in [-0.2, -0.15) is 8.78 Å². The fourth-order valence-corrected chi connectivity index (χ4v) is 0.901. The van der Waals surface area contributed by atoms with Crippen LogP contribution in [0.1, 0.15) is 0 Å². The molecule has 0 fully saturated rings. The van der Waals surface area contributed by atoms with Gasteiger partial charge in [0.15, 0.2) is 11.6 Å². The lowest BCUT2D eigenvalue weighted by molar-refractivity contribution is -0.0500. The minimum absolute atomic E-state index is 0.493. The minimum atomic E-state index is -3.10. The van der Waals surface area contributed by atoms with Crippen molar-refractivity contribution in [3.63, 3.8) is 0 Å². The van der Waals surface area contributed by atoms with Crippen molar-refractivity contribution in [2.75, 3.05) is 0 Å². The van der Waals surface area contributed by atoms with Crippen molar-refractivity contribution in [2.45, 2.75) is 6.61 Å². The van der Waals surface area contributed by atoms with Crippen LogP contribution in [0.3, 0.4) is 0 Å². The summed E-state index contributed by atoms with van der Waals surface area (Å²) in [5.41, 5.74) is 0. The second-order valence-corrected chi connectivity index (χ2v) is 2.49. The lowest BCUT2D eigenvalue weighted by Crippen LogP contribution is -2.02. The first-order valence-corrected chi connectivity index (χ1v) is 3.48. The molecule has 0 aliphatic rings. The van der Waals surface area contributed by atoms with Gasteiger partial charge < -0.3 is 4.74 Å². The number of hydrogen-bond acceptors (Lipinski definition) is 1. The van der Waals surface area contributed by atoms with Gasteiger partial charge >= 0.3 is 6.61 Å². The Labute approximate surface area is 75.9 Å². The Bertz CT molecular complexity index is 292. The van der Waals surface area contributed by atoms with Gasteiger partial charge in [-0.05, 0) is 0 Å². The summed E-state index contributed by atoms with van der Waals surface area (Å²) in [6.07, 6.45) is 0. The average Bonchev–Trinajstić information content (AvgIpc) is 1.98. The van der Waals surface area contributed by atoms with E-state index in [0.29, 0.717) is 6.07 Å². The van der Waals surface area contributed by atoms with Gasteiger partial charge in [-0.15, -0.1) is 0 Å². The summed E-state index contributed by atoms with van der Waals surface area (Å²) >= 11 is 5.16. The number of halogens is 5. The average molecular weight is 215 g/mol. The molecular formula is C7H3ClF4O. The predicted molar refractivity (Wildman–Crippen MR) is 38.0 cm³/mol. The summed E-state index contributed by atoms with van der Waals surface area (Å²) in [4.78, 5) is 0. The zero-order valence-corrected chi connectivity index (χ0v) is 6.79. The highest BCUT2D eigenvalue weighted by molar-refractivity contribution is 6.30. The largest absolute Gasteiger partial charge is 0.435 e. The van der Waals surface area contributed by atoms with Crippen molar-refractivity contribution in [3.8, 4) is 5.75 Å². The van der Waals surface area contributed by atoms with Gasteiger partial charge in [-0.25, -0.2) is 8.78 Å². The van der Waals surface area contributed by atoms with Gasteiger partial charge in [-0.3, -0.25) is 0 Å². The number of rotatable bonds is 2. The van der Waals surface area contributed by atoms with Crippen LogP contribution in [0.25, 0.3) is 0 Å². The summed E-state index contributed by atoms with van der Waals surface area (Å²) in [6, 6.07) is 1.26. The molecule has 1 aromatic rings. The highest BCUT2D eigenvalue weighted by atomic mass is 35.5. The molecule has 0 amide bonds. The Kier molecular flexibility index (Phi) is 2.98. The monoisotopic (exact) mass is 214 g/mol. The fourth-order valence-electron chi connectivity index (χ4n) is 0.703. The molecule has 0 aliphatic heterocycles. The first-order valence-electron chi connectivity index (χ1n) is 3.10. The molecule has 0 N–H and O–H groups in total. The van der Waals surface area contributed by atoms with Crippen LogP contribution in [0.5, 0.6) is 5.75 Å². The first kappa shape index (κ1) is 10.1. The van der Waals surface area contributed by atoms with Gasteiger partial charge in [0.05, 0.1) is 5.02 Å². The Morgan fingerprint density at radius 3 is 2.31 bits per heavy atom. The maximum absolute atomic E-state index is 12.5. The number of ether oxygens (including phenoxy) is 1. The van der Waals surface area contributed by atoms with E-state index >= 15 is 0 Å². The van der Waals surface area contributed by atoms with Crippen LogP contribution >= 0.6 is 11.6 Å². The van der Waals surface area contributed by atoms with Gasteiger partial charge in [0.25, 0.3) is 0 Å². The summed E-state index contributed by atoms with van der Waals surface area (Å²) in [7, 11) is 0. The molecule has 0 spiro atoms. The van der Waals surface area contributed by atoms with E-state index in [0.717, 1.165) is 6.07 Å². The molecule has 0 bridgehead atoms. The number of benzene rings is 1. The Morgan fingerprint density at radius 2 is 1.85 bits per heavy atom. The molecule has 13 heavy (non-hydrogen) atoms. The lowest BCUT2D eigenvalue weighted by atomic mass is 10.3. The molecule has 1 nitrogen and oxygen atoms in total. The van der Waals surface area contributed by atoms with E-state index < -0.39 is 29.0 Å². The summed E-state index contributed by atoms with van der Waals surface area (Å²) in [6.45, 7) is -3.10. The molecule has 0 saturated carbocycles. The molecule has 0 heterocycles. The topological polar surface area (TPSA) is 9.23 Å². The molecule has 0 radical (unpaired) electrons. The molecule has 1 rings (SSSR count). The molecule has 6 heteroatoms. The second kappa shape index (κ2) is 3.83. The summed E-state index contributed by atoms with van der Waals surface area (Å²) in [5, 5.41) is -0.601. The zero-order valence-electron chi connectivity index (χ0n) is 6.03. The molecule has 0 unspecified atom stereocenters. The quantitative estimate of drug-likeness (QED) is 0.543. The van der Waals surface area contributed by atoms with Crippen molar-refractivity contribution in [3.05, 3.63) is 28.8 Å². The molecule has 72 valence electrons. The highest BCUT2D eigenvalue weighted by Crippen LogP contribution is 2.25. The minimum Gasteiger partial charge on any atom is -0.435 e. The third-order valence-corrected chi connectivity index (χ3v) is 1.46.